The molecule has 2 heteroatoms. The molecule has 0 unspecified atom stereocenters. The second kappa shape index (κ2) is 6.86. The first-order chi connectivity index (χ1) is 11.6. The summed E-state index contributed by atoms with van der Waals surface area (Å²) in [6.45, 7) is 22.9. The average molecular weight is 375 g/mol. The van der Waals surface area contributed by atoms with E-state index in [-0.39, 0.29) is 21.7 Å². The highest BCUT2D eigenvalue weighted by Crippen LogP contribution is 2.41. The first kappa shape index (κ1) is 21.3. The van der Waals surface area contributed by atoms with Crippen molar-refractivity contribution in [3.63, 3.8) is 0 Å². The van der Waals surface area contributed by atoms with Gasteiger partial charge in [0, 0.05) is 10.3 Å². The number of rotatable bonds is 5. The van der Waals surface area contributed by atoms with Gasteiger partial charge in [0.1, 0.15) is 5.76 Å². The van der Waals surface area contributed by atoms with E-state index in [2.05, 4.69) is 86.8 Å². The van der Waals surface area contributed by atoms with E-state index < -0.39 is 0 Å². The van der Waals surface area contributed by atoms with E-state index in [4.69, 9.17) is 4.42 Å². The van der Waals surface area contributed by atoms with Crippen molar-refractivity contribution < 1.29 is 4.42 Å². The van der Waals surface area contributed by atoms with Crippen LogP contribution in [0.3, 0.4) is 0 Å². The summed E-state index contributed by atoms with van der Waals surface area (Å²) >= 11 is 1.92. The van der Waals surface area contributed by atoms with E-state index in [1.165, 1.54) is 22.4 Å². The Morgan fingerprint density at radius 1 is 0.731 bits per heavy atom. The monoisotopic (exact) mass is 374 g/mol. The molecule has 2 aromatic heterocycles. The number of thiophene rings is 1. The first-order valence-corrected chi connectivity index (χ1v) is 10.7. The summed E-state index contributed by atoms with van der Waals surface area (Å²) in [7, 11) is 0. The molecule has 0 aromatic carbocycles. The topological polar surface area (TPSA) is 13.1 Å². The highest BCUT2D eigenvalue weighted by Gasteiger charge is 2.31. The maximum Gasteiger partial charge on any atom is 0.109 e. The van der Waals surface area contributed by atoms with Gasteiger partial charge in [0.05, 0.1) is 6.26 Å². The molecule has 0 saturated heterocycles. The van der Waals surface area contributed by atoms with Crippen molar-refractivity contribution in [1.82, 2.24) is 0 Å². The minimum Gasteiger partial charge on any atom is -0.468 e. The van der Waals surface area contributed by atoms with Crippen molar-refractivity contribution in [3.05, 3.63) is 45.5 Å². The van der Waals surface area contributed by atoms with Crippen molar-refractivity contribution in [2.24, 2.45) is 0 Å². The van der Waals surface area contributed by atoms with Gasteiger partial charge < -0.3 is 4.42 Å². The van der Waals surface area contributed by atoms with E-state index >= 15 is 0 Å². The van der Waals surface area contributed by atoms with Crippen molar-refractivity contribution in [1.29, 1.82) is 0 Å². The van der Waals surface area contributed by atoms with Crippen LogP contribution in [0.15, 0.2) is 28.2 Å². The van der Waals surface area contributed by atoms with Crippen molar-refractivity contribution in [2.45, 2.75) is 104 Å². The SMILES string of the molecule is CC(C)(C)c1csc(C(C)(C)CCC(C)(C)c2coc(C(C)(C)C)c2)c1. The van der Waals surface area contributed by atoms with E-state index in [1.54, 1.807) is 0 Å². The van der Waals surface area contributed by atoms with E-state index in [0.29, 0.717) is 0 Å². The standard InChI is InChI=1S/C24H38OS/c1-21(2,3)18-14-20(26-16-18)24(9,10)12-11-23(7,8)17-13-19(25-15-17)22(4,5)6/h13-16H,11-12H2,1-10H3. The van der Waals surface area contributed by atoms with E-state index in [0.717, 1.165) is 12.2 Å². The molecule has 0 amide bonds. The van der Waals surface area contributed by atoms with Crippen LogP contribution in [0, 0.1) is 0 Å². The lowest BCUT2D eigenvalue weighted by Gasteiger charge is -2.30. The van der Waals surface area contributed by atoms with Crippen LogP contribution in [0.1, 0.15) is 104 Å². The second-order valence-electron chi connectivity index (χ2n) is 11.2. The molecule has 2 rings (SSSR count). The van der Waals surface area contributed by atoms with Gasteiger partial charge >= 0.3 is 0 Å². The Bertz CT molecular complexity index is 665. The van der Waals surface area contributed by atoms with Gasteiger partial charge in [0.25, 0.3) is 0 Å². The van der Waals surface area contributed by atoms with Gasteiger partial charge in [-0.15, -0.1) is 11.3 Å². The predicted molar refractivity (Wildman–Crippen MR) is 116 cm³/mol. The molecule has 26 heavy (non-hydrogen) atoms. The lowest BCUT2D eigenvalue weighted by Crippen LogP contribution is -2.23. The Labute approximate surface area is 165 Å². The molecule has 0 atom stereocenters. The molecule has 2 aromatic rings. The summed E-state index contributed by atoms with van der Waals surface area (Å²) in [5.74, 6) is 1.08. The van der Waals surface area contributed by atoms with Crippen molar-refractivity contribution in [3.8, 4) is 0 Å². The second-order valence-corrected chi connectivity index (χ2v) is 12.1. The van der Waals surface area contributed by atoms with E-state index in [9.17, 15) is 0 Å². The molecule has 0 fully saturated rings. The molecule has 1 nitrogen and oxygen atoms in total. The number of hydrogen-bond donors (Lipinski definition) is 0. The van der Waals surface area contributed by atoms with Crippen LogP contribution in [-0.4, -0.2) is 0 Å². The molecule has 0 aliphatic heterocycles. The lowest BCUT2D eigenvalue weighted by molar-refractivity contribution is 0.373. The maximum atomic E-state index is 5.87. The lowest BCUT2D eigenvalue weighted by atomic mass is 9.75. The van der Waals surface area contributed by atoms with Gasteiger partial charge in [-0.2, -0.15) is 0 Å². The minimum atomic E-state index is 0.0634. The zero-order valence-corrected chi connectivity index (χ0v) is 19.4. The molecular weight excluding hydrogens is 336 g/mol. The number of hydrogen-bond acceptors (Lipinski definition) is 2. The van der Waals surface area contributed by atoms with Crippen LogP contribution in [-0.2, 0) is 21.7 Å². The normalized spacial score (nSPS) is 14.1. The fourth-order valence-corrected chi connectivity index (χ4v) is 4.35. The number of furan rings is 1. The molecule has 0 bridgehead atoms. The van der Waals surface area contributed by atoms with Crippen LogP contribution in [0.5, 0.6) is 0 Å². The maximum absolute atomic E-state index is 5.87. The van der Waals surface area contributed by atoms with Crippen molar-refractivity contribution in [2.75, 3.05) is 0 Å². The molecule has 2 heterocycles. The summed E-state index contributed by atoms with van der Waals surface area (Å²) in [4.78, 5) is 1.50. The molecule has 146 valence electrons. The summed E-state index contributed by atoms with van der Waals surface area (Å²) in [6.07, 6.45) is 4.28. The van der Waals surface area contributed by atoms with Gasteiger partial charge in [0.2, 0.25) is 0 Å². The van der Waals surface area contributed by atoms with Crippen LogP contribution in [0.2, 0.25) is 0 Å². The molecule has 0 N–H and O–H groups in total. The Balaban J connectivity index is 2.12. The Hall–Kier alpha value is -1.02. The quantitative estimate of drug-likeness (QED) is 0.517. The van der Waals surface area contributed by atoms with Crippen LogP contribution < -0.4 is 0 Å². The zero-order chi connectivity index (χ0) is 20.0. The Morgan fingerprint density at radius 2 is 1.31 bits per heavy atom. The summed E-state index contributed by atoms with van der Waals surface area (Å²) < 4.78 is 5.87. The molecule has 0 spiro atoms. The summed E-state index contributed by atoms with van der Waals surface area (Å²) in [5.41, 5.74) is 3.38. The highest BCUT2D eigenvalue weighted by atomic mass is 32.1. The first-order valence-electron chi connectivity index (χ1n) is 9.82. The Kier molecular flexibility index (Phi) is 5.61. The average Bonchev–Trinajstić information content (AvgIpc) is 3.13. The van der Waals surface area contributed by atoms with Gasteiger partial charge in [0.15, 0.2) is 0 Å². The predicted octanol–water partition coefficient (Wildman–Crippen LogP) is 7.97. The third-order valence-electron chi connectivity index (χ3n) is 5.63. The van der Waals surface area contributed by atoms with Gasteiger partial charge in [-0.25, -0.2) is 0 Å². The van der Waals surface area contributed by atoms with Gasteiger partial charge in [-0.3, -0.25) is 0 Å². The molecular formula is C24H38OS. The highest BCUT2D eigenvalue weighted by molar-refractivity contribution is 7.10. The van der Waals surface area contributed by atoms with Crippen molar-refractivity contribution >= 4 is 11.3 Å². The van der Waals surface area contributed by atoms with Crippen LogP contribution in [0.25, 0.3) is 0 Å². The minimum absolute atomic E-state index is 0.0634. The smallest absolute Gasteiger partial charge is 0.109 e. The molecule has 0 aliphatic carbocycles. The fraction of sp³-hybridized carbons (Fsp3) is 0.667. The fourth-order valence-electron chi connectivity index (χ4n) is 3.06. The van der Waals surface area contributed by atoms with E-state index in [1.807, 2.05) is 17.6 Å². The Morgan fingerprint density at radius 3 is 1.77 bits per heavy atom. The van der Waals surface area contributed by atoms with Crippen LogP contribution in [0.4, 0.5) is 0 Å². The molecule has 0 radical (unpaired) electrons. The molecule has 0 saturated carbocycles. The largest absolute Gasteiger partial charge is 0.468 e. The summed E-state index contributed by atoms with van der Waals surface area (Å²) in [5, 5.41) is 2.34. The molecule has 0 aliphatic rings. The summed E-state index contributed by atoms with van der Waals surface area (Å²) in [6, 6.07) is 4.68. The zero-order valence-electron chi connectivity index (χ0n) is 18.5. The third-order valence-corrected chi connectivity index (χ3v) is 6.92. The van der Waals surface area contributed by atoms with Gasteiger partial charge in [-0.05, 0) is 57.7 Å². The van der Waals surface area contributed by atoms with Gasteiger partial charge in [-0.1, -0.05) is 69.2 Å². The van der Waals surface area contributed by atoms with Crippen LogP contribution >= 0.6 is 11.3 Å². The third kappa shape index (κ3) is 4.82.